The van der Waals surface area contributed by atoms with Crippen molar-refractivity contribution in [3.8, 4) is 5.69 Å². The number of aromatic amines is 1. The molecule has 2 aromatic carbocycles. The van der Waals surface area contributed by atoms with Crippen molar-refractivity contribution in [1.82, 2.24) is 9.55 Å². The second-order valence-electron chi connectivity index (χ2n) is 4.91. The first-order valence-corrected chi connectivity index (χ1v) is 6.39. The van der Waals surface area contributed by atoms with E-state index in [0.717, 1.165) is 11.1 Å². The molecule has 0 saturated heterocycles. The Balaban J connectivity index is 2.46. The van der Waals surface area contributed by atoms with Gasteiger partial charge in [0, 0.05) is 0 Å². The number of H-pyrrole nitrogens is 1. The van der Waals surface area contributed by atoms with E-state index >= 15 is 0 Å². The molecule has 1 aromatic heterocycles. The lowest BCUT2D eigenvalue weighted by atomic mass is 10.1. The van der Waals surface area contributed by atoms with E-state index in [2.05, 4.69) is 4.98 Å². The Morgan fingerprint density at radius 1 is 1.00 bits per heavy atom. The average Bonchev–Trinajstić information content (AvgIpc) is 2.38. The van der Waals surface area contributed by atoms with Crippen LogP contribution in [0.1, 0.15) is 11.1 Å². The minimum atomic E-state index is -0.418. The van der Waals surface area contributed by atoms with Gasteiger partial charge in [-0.15, -0.1) is 0 Å². The maximum atomic E-state index is 12.6. The number of aryl methyl sites for hydroxylation is 2. The predicted molar refractivity (Wildman–Crippen MR) is 79.6 cm³/mol. The van der Waals surface area contributed by atoms with Crippen LogP contribution in [0.5, 0.6) is 0 Å². The first-order chi connectivity index (χ1) is 9.58. The number of benzene rings is 2. The Morgan fingerprint density at radius 3 is 2.50 bits per heavy atom. The standard InChI is InChI=1S/C16H14N2O2/c1-10-5-3-7-12(9-10)18-15(19)14-11(2)6-4-8-13(14)17-16(18)20/h3-9H,1-2H3,(H,17,20). The third kappa shape index (κ3) is 1.86. The molecule has 0 aliphatic carbocycles. The molecule has 4 heteroatoms. The van der Waals surface area contributed by atoms with Gasteiger partial charge in [0.15, 0.2) is 0 Å². The molecule has 4 nitrogen and oxygen atoms in total. The van der Waals surface area contributed by atoms with E-state index in [1.807, 2.05) is 44.2 Å². The number of rotatable bonds is 1. The van der Waals surface area contributed by atoms with E-state index in [1.165, 1.54) is 4.57 Å². The molecule has 0 bridgehead atoms. The van der Waals surface area contributed by atoms with E-state index in [4.69, 9.17) is 0 Å². The summed E-state index contributed by atoms with van der Waals surface area (Å²) in [6.07, 6.45) is 0. The molecular weight excluding hydrogens is 252 g/mol. The topological polar surface area (TPSA) is 54.9 Å². The summed E-state index contributed by atoms with van der Waals surface area (Å²) >= 11 is 0. The van der Waals surface area contributed by atoms with Crippen molar-refractivity contribution in [2.45, 2.75) is 13.8 Å². The van der Waals surface area contributed by atoms with Crippen LogP contribution in [0.2, 0.25) is 0 Å². The summed E-state index contributed by atoms with van der Waals surface area (Å²) in [7, 11) is 0. The van der Waals surface area contributed by atoms with E-state index < -0.39 is 5.69 Å². The Morgan fingerprint density at radius 2 is 1.75 bits per heavy atom. The predicted octanol–water partition coefficient (Wildman–Crippen LogP) is 2.30. The first kappa shape index (κ1) is 12.4. The molecule has 0 amide bonds. The monoisotopic (exact) mass is 266 g/mol. The fraction of sp³-hybridized carbons (Fsp3) is 0.125. The van der Waals surface area contributed by atoms with Crippen molar-refractivity contribution in [3.63, 3.8) is 0 Å². The van der Waals surface area contributed by atoms with Crippen LogP contribution in [0.3, 0.4) is 0 Å². The molecule has 0 radical (unpaired) electrons. The smallest absolute Gasteiger partial charge is 0.306 e. The second-order valence-corrected chi connectivity index (χ2v) is 4.91. The molecular formula is C16H14N2O2. The molecule has 0 aliphatic rings. The van der Waals surface area contributed by atoms with E-state index in [1.54, 1.807) is 12.1 Å². The highest BCUT2D eigenvalue weighted by molar-refractivity contribution is 5.81. The van der Waals surface area contributed by atoms with Crippen LogP contribution in [0.4, 0.5) is 0 Å². The second kappa shape index (κ2) is 4.49. The lowest BCUT2D eigenvalue weighted by Gasteiger charge is -2.08. The van der Waals surface area contributed by atoms with Gasteiger partial charge < -0.3 is 4.98 Å². The molecule has 0 atom stereocenters. The number of nitrogens with zero attached hydrogens (tertiary/aromatic N) is 1. The molecule has 0 fully saturated rings. The lowest BCUT2D eigenvalue weighted by Crippen LogP contribution is -2.33. The molecule has 1 heterocycles. The highest BCUT2D eigenvalue weighted by Crippen LogP contribution is 2.12. The summed E-state index contributed by atoms with van der Waals surface area (Å²) in [6.45, 7) is 3.79. The number of fused-ring (bicyclic) bond motifs is 1. The van der Waals surface area contributed by atoms with Gasteiger partial charge in [-0.3, -0.25) is 4.79 Å². The third-order valence-corrected chi connectivity index (χ3v) is 3.39. The van der Waals surface area contributed by atoms with Gasteiger partial charge >= 0.3 is 5.69 Å². The largest absolute Gasteiger partial charge is 0.333 e. The van der Waals surface area contributed by atoms with Crippen LogP contribution in [-0.4, -0.2) is 9.55 Å². The van der Waals surface area contributed by atoms with Crippen LogP contribution in [0.15, 0.2) is 52.1 Å². The van der Waals surface area contributed by atoms with Crippen LogP contribution in [0.25, 0.3) is 16.6 Å². The summed E-state index contributed by atoms with van der Waals surface area (Å²) in [5.74, 6) is 0. The zero-order valence-corrected chi connectivity index (χ0v) is 11.3. The number of hydrogen-bond donors (Lipinski definition) is 1. The van der Waals surface area contributed by atoms with Crippen molar-refractivity contribution in [3.05, 3.63) is 74.4 Å². The summed E-state index contributed by atoms with van der Waals surface area (Å²) < 4.78 is 1.18. The average molecular weight is 266 g/mol. The molecule has 3 rings (SSSR count). The quantitative estimate of drug-likeness (QED) is 0.734. The third-order valence-electron chi connectivity index (χ3n) is 3.39. The van der Waals surface area contributed by atoms with Crippen LogP contribution in [0, 0.1) is 13.8 Å². The molecule has 0 saturated carbocycles. The molecule has 0 unspecified atom stereocenters. The Hall–Kier alpha value is -2.62. The Kier molecular flexibility index (Phi) is 2.79. The fourth-order valence-electron chi connectivity index (χ4n) is 2.43. The van der Waals surface area contributed by atoms with Gasteiger partial charge in [-0.25, -0.2) is 9.36 Å². The maximum absolute atomic E-state index is 12.6. The van der Waals surface area contributed by atoms with Gasteiger partial charge in [0.2, 0.25) is 0 Å². The van der Waals surface area contributed by atoms with Gasteiger partial charge in [0.05, 0.1) is 16.6 Å². The van der Waals surface area contributed by atoms with Crippen molar-refractivity contribution in [1.29, 1.82) is 0 Å². The number of aromatic nitrogens is 2. The van der Waals surface area contributed by atoms with Crippen LogP contribution in [-0.2, 0) is 0 Å². The number of hydrogen-bond acceptors (Lipinski definition) is 2. The summed E-state index contributed by atoms with van der Waals surface area (Å²) in [6, 6.07) is 12.8. The fourth-order valence-corrected chi connectivity index (χ4v) is 2.43. The maximum Gasteiger partial charge on any atom is 0.333 e. The van der Waals surface area contributed by atoms with Crippen LogP contribution < -0.4 is 11.2 Å². The van der Waals surface area contributed by atoms with Gasteiger partial charge in [0.25, 0.3) is 5.56 Å². The SMILES string of the molecule is Cc1cccc(-n2c(=O)[nH]c3cccc(C)c3c2=O)c1. The summed E-state index contributed by atoms with van der Waals surface area (Å²) in [5.41, 5.74) is 2.31. The van der Waals surface area contributed by atoms with E-state index in [-0.39, 0.29) is 5.56 Å². The minimum Gasteiger partial charge on any atom is -0.306 e. The molecule has 0 aliphatic heterocycles. The molecule has 0 spiro atoms. The highest BCUT2D eigenvalue weighted by Gasteiger charge is 2.10. The number of nitrogens with one attached hydrogen (secondary N) is 1. The summed E-state index contributed by atoms with van der Waals surface area (Å²) in [4.78, 5) is 27.6. The minimum absolute atomic E-state index is 0.285. The van der Waals surface area contributed by atoms with Crippen molar-refractivity contribution < 1.29 is 0 Å². The Bertz CT molecular complexity index is 920. The molecule has 100 valence electrons. The zero-order chi connectivity index (χ0) is 14.3. The first-order valence-electron chi connectivity index (χ1n) is 6.39. The lowest BCUT2D eigenvalue weighted by molar-refractivity contribution is 0.899. The molecule has 20 heavy (non-hydrogen) atoms. The van der Waals surface area contributed by atoms with Crippen molar-refractivity contribution in [2.75, 3.05) is 0 Å². The molecule has 1 N–H and O–H groups in total. The van der Waals surface area contributed by atoms with Crippen molar-refractivity contribution in [2.24, 2.45) is 0 Å². The van der Waals surface area contributed by atoms with Crippen molar-refractivity contribution >= 4 is 10.9 Å². The van der Waals surface area contributed by atoms with Gasteiger partial charge in [-0.2, -0.15) is 0 Å². The normalized spacial score (nSPS) is 10.9. The van der Waals surface area contributed by atoms with E-state index in [0.29, 0.717) is 16.6 Å². The van der Waals surface area contributed by atoms with Gasteiger partial charge in [-0.1, -0.05) is 24.3 Å². The van der Waals surface area contributed by atoms with Crippen LogP contribution >= 0.6 is 0 Å². The van der Waals surface area contributed by atoms with Gasteiger partial charge in [-0.05, 0) is 43.2 Å². The molecule has 3 aromatic rings. The highest BCUT2D eigenvalue weighted by atomic mass is 16.2. The van der Waals surface area contributed by atoms with E-state index in [9.17, 15) is 9.59 Å². The van der Waals surface area contributed by atoms with Gasteiger partial charge in [0.1, 0.15) is 0 Å². The zero-order valence-electron chi connectivity index (χ0n) is 11.3. The summed E-state index contributed by atoms with van der Waals surface area (Å²) in [5, 5.41) is 0.550. The Labute approximate surface area is 115 Å².